The smallest absolute Gasteiger partial charge is 0.0700 e. The summed E-state index contributed by atoms with van der Waals surface area (Å²) in [4.78, 5) is 0. The van der Waals surface area contributed by atoms with Crippen molar-refractivity contribution in [1.29, 1.82) is 0 Å². The van der Waals surface area contributed by atoms with Crippen LogP contribution in [0.5, 0.6) is 0 Å². The largest absolute Gasteiger partial charge is 0.377 e. The summed E-state index contributed by atoms with van der Waals surface area (Å²) in [5.74, 6) is 0.936. The Morgan fingerprint density at radius 2 is 2.27 bits per heavy atom. The van der Waals surface area contributed by atoms with Gasteiger partial charge in [0.2, 0.25) is 0 Å². The van der Waals surface area contributed by atoms with Crippen molar-refractivity contribution >= 4 is 0 Å². The molecule has 1 saturated carbocycles. The van der Waals surface area contributed by atoms with E-state index in [4.69, 9.17) is 4.74 Å². The van der Waals surface area contributed by atoms with Crippen molar-refractivity contribution in [1.82, 2.24) is 5.32 Å². The minimum atomic E-state index is 0.481. The van der Waals surface area contributed by atoms with E-state index in [-0.39, 0.29) is 0 Å². The van der Waals surface area contributed by atoms with Crippen LogP contribution in [0.3, 0.4) is 0 Å². The molecule has 1 heterocycles. The Morgan fingerprint density at radius 1 is 1.40 bits per heavy atom. The molecule has 2 aliphatic rings. The number of nitrogens with one attached hydrogen (secondary N) is 1. The summed E-state index contributed by atoms with van der Waals surface area (Å²) in [6, 6.07) is 0.715. The fraction of sp³-hybridized carbons (Fsp3) is 0.846. The van der Waals surface area contributed by atoms with Crippen LogP contribution >= 0.6 is 0 Å². The number of hydrogen-bond acceptors (Lipinski definition) is 2. The van der Waals surface area contributed by atoms with E-state index in [9.17, 15) is 0 Å². The second kappa shape index (κ2) is 5.66. The summed E-state index contributed by atoms with van der Waals surface area (Å²) in [6.07, 6.45) is 10.2. The second-order valence-corrected chi connectivity index (χ2v) is 4.85. The first-order valence-electron chi connectivity index (χ1n) is 6.36. The van der Waals surface area contributed by atoms with E-state index >= 15 is 0 Å². The van der Waals surface area contributed by atoms with E-state index in [1.807, 2.05) is 6.08 Å². The summed E-state index contributed by atoms with van der Waals surface area (Å²) in [7, 11) is 0. The Bertz CT molecular complexity index is 195. The first kappa shape index (κ1) is 11.2. The van der Waals surface area contributed by atoms with Crippen LogP contribution in [0.15, 0.2) is 12.7 Å². The highest BCUT2D eigenvalue weighted by molar-refractivity contribution is 4.88. The zero-order chi connectivity index (χ0) is 10.5. The Balaban J connectivity index is 1.66. The molecule has 2 atom stereocenters. The topological polar surface area (TPSA) is 21.3 Å². The summed E-state index contributed by atoms with van der Waals surface area (Å²) < 4.78 is 5.63. The van der Waals surface area contributed by atoms with Crippen LogP contribution in [0.1, 0.15) is 38.5 Å². The van der Waals surface area contributed by atoms with Crippen LogP contribution in [-0.2, 0) is 4.74 Å². The minimum absolute atomic E-state index is 0.481. The van der Waals surface area contributed by atoms with E-state index in [1.54, 1.807) is 0 Å². The Kier molecular flexibility index (Phi) is 4.21. The van der Waals surface area contributed by atoms with Crippen molar-refractivity contribution in [3.8, 4) is 0 Å². The third-order valence-corrected chi connectivity index (χ3v) is 3.50. The van der Waals surface area contributed by atoms with E-state index < -0.39 is 0 Å². The van der Waals surface area contributed by atoms with Crippen LogP contribution in [0.4, 0.5) is 0 Å². The molecule has 2 heteroatoms. The molecule has 2 nitrogen and oxygen atoms in total. The summed E-state index contributed by atoms with van der Waals surface area (Å²) >= 11 is 0. The SMILES string of the molecule is C=CCCC(NCC1CCCO1)C1CC1. The molecule has 0 spiro atoms. The van der Waals surface area contributed by atoms with Crippen LogP contribution < -0.4 is 5.32 Å². The van der Waals surface area contributed by atoms with E-state index in [0.29, 0.717) is 12.1 Å². The van der Waals surface area contributed by atoms with Crippen molar-refractivity contribution in [3.63, 3.8) is 0 Å². The first-order chi connectivity index (χ1) is 7.40. The second-order valence-electron chi connectivity index (χ2n) is 4.85. The van der Waals surface area contributed by atoms with E-state index in [2.05, 4.69) is 11.9 Å². The van der Waals surface area contributed by atoms with Gasteiger partial charge in [0.05, 0.1) is 6.10 Å². The van der Waals surface area contributed by atoms with Gasteiger partial charge in [0.1, 0.15) is 0 Å². The molecule has 0 aromatic heterocycles. The third-order valence-electron chi connectivity index (χ3n) is 3.50. The van der Waals surface area contributed by atoms with Gasteiger partial charge in [-0.3, -0.25) is 0 Å². The molecule has 86 valence electrons. The molecule has 1 aliphatic carbocycles. The van der Waals surface area contributed by atoms with E-state index in [1.165, 1.54) is 32.1 Å². The van der Waals surface area contributed by atoms with Crippen molar-refractivity contribution in [2.75, 3.05) is 13.2 Å². The van der Waals surface area contributed by atoms with Gasteiger partial charge >= 0.3 is 0 Å². The first-order valence-corrected chi connectivity index (χ1v) is 6.36. The summed E-state index contributed by atoms with van der Waals surface area (Å²) in [5.41, 5.74) is 0. The Labute approximate surface area is 93.1 Å². The fourth-order valence-electron chi connectivity index (χ4n) is 2.39. The lowest BCUT2D eigenvalue weighted by Crippen LogP contribution is -2.36. The maximum Gasteiger partial charge on any atom is 0.0700 e. The third kappa shape index (κ3) is 3.62. The van der Waals surface area contributed by atoms with Crippen LogP contribution in [0.2, 0.25) is 0 Å². The maximum absolute atomic E-state index is 5.63. The highest BCUT2D eigenvalue weighted by Gasteiger charge is 2.30. The van der Waals surface area contributed by atoms with E-state index in [0.717, 1.165) is 25.5 Å². The molecule has 0 bridgehead atoms. The average molecular weight is 209 g/mol. The zero-order valence-electron chi connectivity index (χ0n) is 9.58. The van der Waals surface area contributed by atoms with Gasteiger partial charge in [-0.2, -0.15) is 0 Å². The van der Waals surface area contributed by atoms with Crippen molar-refractivity contribution in [3.05, 3.63) is 12.7 Å². The van der Waals surface area contributed by atoms with Gasteiger partial charge in [-0.1, -0.05) is 6.08 Å². The highest BCUT2D eigenvalue weighted by atomic mass is 16.5. The van der Waals surface area contributed by atoms with Crippen LogP contribution in [0, 0.1) is 5.92 Å². The van der Waals surface area contributed by atoms with Gasteiger partial charge in [0.25, 0.3) is 0 Å². The average Bonchev–Trinajstić information content (AvgIpc) is 2.95. The number of ether oxygens (including phenoxy) is 1. The molecule has 0 radical (unpaired) electrons. The Morgan fingerprint density at radius 3 is 2.87 bits per heavy atom. The molecular weight excluding hydrogens is 186 g/mol. The van der Waals surface area contributed by atoms with Gasteiger partial charge in [-0.15, -0.1) is 6.58 Å². The lowest BCUT2D eigenvalue weighted by Gasteiger charge is -2.20. The minimum Gasteiger partial charge on any atom is -0.377 e. The molecule has 2 fully saturated rings. The van der Waals surface area contributed by atoms with Gasteiger partial charge < -0.3 is 10.1 Å². The van der Waals surface area contributed by atoms with Gasteiger partial charge in [0, 0.05) is 19.2 Å². The van der Waals surface area contributed by atoms with Crippen molar-refractivity contribution in [2.45, 2.75) is 50.7 Å². The monoisotopic (exact) mass is 209 g/mol. The molecule has 15 heavy (non-hydrogen) atoms. The lowest BCUT2D eigenvalue weighted by atomic mass is 10.1. The standard InChI is InChI=1S/C13H23NO/c1-2-3-6-13(11-7-8-11)14-10-12-5-4-9-15-12/h2,11-14H,1,3-10H2. The molecule has 1 aliphatic heterocycles. The lowest BCUT2D eigenvalue weighted by molar-refractivity contribution is 0.106. The Hall–Kier alpha value is -0.340. The zero-order valence-corrected chi connectivity index (χ0v) is 9.58. The number of rotatable bonds is 7. The molecule has 1 N–H and O–H groups in total. The molecule has 2 rings (SSSR count). The molecule has 0 amide bonds. The highest BCUT2D eigenvalue weighted by Crippen LogP contribution is 2.34. The van der Waals surface area contributed by atoms with Crippen LogP contribution in [-0.4, -0.2) is 25.3 Å². The van der Waals surface area contributed by atoms with Gasteiger partial charge in [-0.25, -0.2) is 0 Å². The number of hydrogen-bond donors (Lipinski definition) is 1. The van der Waals surface area contributed by atoms with Gasteiger partial charge in [0.15, 0.2) is 0 Å². The molecule has 2 unspecified atom stereocenters. The predicted octanol–water partition coefficient (Wildman–Crippen LogP) is 2.50. The van der Waals surface area contributed by atoms with Crippen molar-refractivity contribution in [2.24, 2.45) is 5.92 Å². The predicted molar refractivity (Wildman–Crippen MR) is 62.9 cm³/mol. The quantitative estimate of drug-likeness (QED) is 0.650. The molecule has 0 aromatic carbocycles. The summed E-state index contributed by atoms with van der Waals surface area (Å²) in [6.45, 7) is 5.82. The molecule has 0 aromatic rings. The molecule has 1 saturated heterocycles. The number of allylic oxidation sites excluding steroid dienone is 1. The van der Waals surface area contributed by atoms with Crippen LogP contribution in [0.25, 0.3) is 0 Å². The van der Waals surface area contributed by atoms with Gasteiger partial charge in [-0.05, 0) is 44.4 Å². The van der Waals surface area contributed by atoms with Crippen molar-refractivity contribution < 1.29 is 4.74 Å². The fourth-order valence-corrected chi connectivity index (χ4v) is 2.39. The normalized spacial score (nSPS) is 27.9. The summed E-state index contributed by atoms with van der Waals surface area (Å²) in [5, 5.41) is 3.69. The maximum atomic E-state index is 5.63. The molecular formula is C13H23NO.